The van der Waals surface area contributed by atoms with E-state index in [1.165, 1.54) is 24.2 Å². The van der Waals surface area contributed by atoms with Crippen molar-refractivity contribution < 1.29 is 19.0 Å². The van der Waals surface area contributed by atoms with Crippen LogP contribution in [0.4, 0.5) is 16.0 Å². The van der Waals surface area contributed by atoms with Crippen LogP contribution < -0.4 is 15.4 Å². The molecule has 0 aromatic carbocycles. The number of aryl methyl sites for hydroxylation is 2. The Morgan fingerprint density at radius 2 is 2.10 bits per heavy atom. The first-order valence-corrected chi connectivity index (χ1v) is 13.9. The summed E-state index contributed by atoms with van der Waals surface area (Å²) in [5.74, 6) is 0.334. The summed E-state index contributed by atoms with van der Waals surface area (Å²) in [4.78, 5) is 31.2. The number of H-pyrrole nitrogens is 1. The quantitative estimate of drug-likeness (QED) is 0.158. The molecule has 5 heterocycles. The van der Waals surface area contributed by atoms with Gasteiger partial charge in [0.2, 0.25) is 0 Å². The van der Waals surface area contributed by atoms with E-state index in [1.807, 2.05) is 0 Å². The van der Waals surface area contributed by atoms with Crippen LogP contribution in [0.15, 0.2) is 43.1 Å². The number of hydrogen-bond acceptors (Lipinski definition) is 10. The molecule has 4 N–H and O–H groups in total. The highest BCUT2D eigenvalue weighted by atomic mass is 19.1. The van der Waals surface area contributed by atoms with Crippen molar-refractivity contribution in [3.05, 3.63) is 60.2 Å². The van der Waals surface area contributed by atoms with Crippen LogP contribution in [0.1, 0.15) is 36.9 Å². The maximum atomic E-state index is 13.5. The summed E-state index contributed by atoms with van der Waals surface area (Å²) in [6.07, 6.45) is 10.8. The normalized spacial score (nSPS) is 13.5. The Bertz CT molecular complexity index is 1450. The number of aromatic amines is 1. The van der Waals surface area contributed by atoms with Crippen LogP contribution in [0.5, 0.6) is 5.75 Å². The van der Waals surface area contributed by atoms with Gasteiger partial charge in [-0.2, -0.15) is 5.10 Å². The van der Waals surface area contributed by atoms with E-state index in [-0.39, 0.29) is 0 Å². The predicted molar refractivity (Wildman–Crippen MR) is 151 cm³/mol. The number of anilines is 2. The molecule has 0 fully saturated rings. The van der Waals surface area contributed by atoms with Gasteiger partial charge in [-0.3, -0.25) is 15.0 Å². The number of unbranched alkanes of at least 4 members (excludes halogenated alkanes) is 1. The molecule has 4 aromatic heterocycles. The fraction of sp³-hybridized carbons (Fsp3) is 0.429. The van der Waals surface area contributed by atoms with Crippen LogP contribution in [0, 0.1) is 5.82 Å². The second-order valence-electron chi connectivity index (χ2n) is 10.0. The van der Waals surface area contributed by atoms with Gasteiger partial charge in [0.25, 0.3) is 0 Å². The molecule has 12 nitrogen and oxygen atoms in total. The topological polar surface area (TPSA) is 154 Å². The molecule has 13 heteroatoms. The van der Waals surface area contributed by atoms with Crippen molar-refractivity contribution in [1.29, 1.82) is 0 Å². The largest absolute Gasteiger partial charge is 0.491 e. The summed E-state index contributed by atoms with van der Waals surface area (Å²) < 4.78 is 19.2. The van der Waals surface area contributed by atoms with Crippen molar-refractivity contribution in [2.75, 3.05) is 43.4 Å². The Balaban J connectivity index is 1.17. The van der Waals surface area contributed by atoms with Gasteiger partial charge in [-0.25, -0.2) is 24.1 Å². The second-order valence-corrected chi connectivity index (χ2v) is 10.0. The fourth-order valence-corrected chi connectivity index (χ4v) is 4.86. The minimum absolute atomic E-state index is 0.315. The molecule has 1 aliphatic rings. The van der Waals surface area contributed by atoms with E-state index in [0.29, 0.717) is 48.7 Å². The van der Waals surface area contributed by atoms with Crippen LogP contribution in [-0.2, 0) is 17.6 Å². The van der Waals surface area contributed by atoms with Crippen LogP contribution in [0.2, 0.25) is 0 Å². The van der Waals surface area contributed by atoms with Crippen LogP contribution in [0.3, 0.4) is 0 Å². The number of pyridine rings is 2. The molecule has 0 unspecified atom stereocenters. The van der Waals surface area contributed by atoms with Gasteiger partial charge in [0, 0.05) is 31.4 Å². The average Bonchev–Trinajstić information content (AvgIpc) is 3.47. The summed E-state index contributed by atoms with van der Waals surface area (Å²) in [5.41, 5.74) is 2.87. The molecule has 4 aromatic rings. The molecule has 0 amide bonds. The second kappa shape index (κ2) is 13.8. The lowest BCUT2D eigenvalue weighted by Crippen LogP contribution is -2.37. The average molecular weight is 564 g/mol. The number of halogens is 1. The van der Waals surface area contributed by atoms with Crippen LogP contribution in [0.25, 0.3) is 11.0 Å². The number of ether oxygens (including phenoxy) is 1. The van der Waals surface area contributed by atoms with E-state index in [4.69, 9.17) is 9.72 Å². The van der Waals surface area contributed by atoms with Crippen LogP contribution >= 0.6 is 0 Å². The molecule has 0 aliphatic carbocycles. The van der Waals surface area contributed by atoms with Gasteiger partial charge in [0.05, 0.1) is 24.0 Å². The van der Waals surface area contributed by atoms with Crippen molar-refractivity contribution in [2.24, 2.45) is 0 Å². The van der Waals surface area contributed by atoms with Crippen molar-refractivity contribution in [3.8, 4) is 5.75 Å². The van der Waals surface area contributed by atoms with Crippen molar-refractivity contribution in [2.45, 2.75) is 44.6 Å². The SMILES string of the molecule is O=C(O)[C@H](CCN(CCCCc1ccc2c(n1)NCCC2)CCOc1cncc(F)c1)Nc1ncnc2[nH]ncc12. The third-order valence-electron chi connectivity index (χ3n) is 7.06. The zero-order valence-corrected chi connectivity index (χ0v) is 22.7. The molecule has 41 heavy (non-hydrogen) atoms. The number of fused-ring (bicyclic) bond motifs is 2. The number of aromatic nitrogens is 6. The number of nitrogens with zero attached hydrogens (tertiary/aromatic N) is 6. The number of rotatable bonds is 15. The van der Waals surface area contributed by atoms with Gasteiger partial charge in [0.15, 0.2) is 5.65 Å². The van der Waals surface area contributed by atoms with Gasteiger partial charge >= 0.3 is 5.97 Å². The fourth-order valence-electron chi connectivity index (χ4n) is 4.86. The molecule has 1 atom stereocenters. The maximum absolute atomic E-state index is 13.5. The molecular formula is C28H34FN9O3. The zero-order valence-electron chi connectivity index (χ0n) is 22.7. The Morgan fingerprint density at radius 3 is 2.98 bits per heavy atom. The summed E-state index contributed by atoms with van der Waals surface area (Å²) in [7, 11) is 0. The van der Waals surface area contributed by atoms with E-state index < -0.39 is 17.8 Å². The lowest BCUT2D eigenvalue weighted by atomic mass is 10.1. The maximum Gasteiger partial charge on any atom is 0.326 e. The molecule has 0 radical (unpaired) electrons. The summed E-state index contributed by atoms with van der Waals surface area (Å²) in [5, 5.41) is 23.7. The number of carboxylic acids is 1. The minimum atomic E-state index is -0.977. The lowest BCUT2D eigenvalue weighted by molar-refractivity contribution is -0.138. The van der Waals surface area contributed by atoms with Gasteiger partial charge in [-0.15, -0.1) is 0 Å². The highest BCUT2D eigenvalue weighted by Gasteiger charge is 2.21. The first-order valence-electron chi connectivity index (χ1n) is 13.9. The molecule has 0 bridgehead atoms. The molecule has 0 spiro atoms. The Labute approximate surface area is 236 Å². The minimum Gasteiger partial charge on any atom is -0.491 e. The van der Waals surface area contributed by atoms with Crippen LogP contribution in [-0.4, -0.2) is 84.9 Å². The summed E-state index contributed by atoms with van der Waals surface area (Å²) in [6, 6.07) is 4.70. The van der Waals surface area contributed by atoms with Crippen molar-refractivity contribution in [3.63, 3.8) is 0 Å². The van der Waals surface area contributed by atoms with E-state index >= 15 is 0 Å². The summed E-state index contributed by atoms with van der Waals surface area (Å²) >= 11 is 0. The van der Waals surface area contributed by atoms with E-state index in [0.717, 1.165) is 62.9 Å². The number of nitrogens with one attached hydrogen (secondary N) is 3. The van der Waals surface area contributed by atoms with Gasteiger partial charge < -0.3 is 20.5 Å². The van der Waals surface area contributed by atoms with Gasteiger partial charge in [-0.1, -0.05) is 6.07 Å². The first kappa shape index (κ1) is 28.1. The third kappa shape index (κ3) is 7.84. The Morgan fingerprint density at radius 1 is 1.17 bits per heavy atom. The predicted octanol–water partition coefficient (Wildman–Crippen LogP) is 3.30. The molecule has 5 rings (SSSR count). The first-order chi connectivity index (χ1) is 20.0. The van der Waals surface area contributed by atoms with Crippen molar-refractivity contribution in [1.82, 2.24) is 35.0 Å². The highest BCUT2D eigenvalue weighted by Crippen LogP contribution is 2.21. The van der Waals surface area contributed by atoms with E-state index in [1.54, 1.807) is 6.20 Å². The van der Waals surface area contributed by atoms with Gasteiger partial charge in [-0.05, 0) is 56.7 Å². The number of hydrogen-bond donors (Lipinski definition) is 4. The van der Waals surface area contributed by atoms with Gasteiger partial charge in [0.1, 0.15) is 42.2 Å². The number of carboxylic acid groups (broad SMARTS) is 1. The smallest absolute Gasteiger partial charge is 0.326 e. The number of aliphatic carboxylic acids is 1. The number of carbonyl (C=O) groups is 1. The molecule has 0 saturated heterocycles. The molecule has 216 valence electrons. The Kier molecular flexibility index (Phi) is 9.47. The van der Waals surface area contributed by atoms with E-state index in [2.05, 4.69) is 52.8 Å². The molecule has 1 aliphatic heterocycles. The van der Waals surface area contributed by atoms with Crippen molar-refractivity contribution >= 4 is 28.6 Å². The summed E-state index contributed by atoms with van der Waals surface area (Å²) in [6.45, 7) is 3.08. The third-order valence-corrected chi connectivity index (χ3v) is 7.06. The monoisotopic (exact) mass is 563 g/mol. The zero-order chi connectivity index (χ0) is 28.4. The Hall–Kier alpha value is -4.39. The molecule has 0 saturated carbocycles. The standard InChI is InChI=1S/C28H34FN9O3/c29-20-14-22(16-30-15-20)41-13-12-38(10-2-1-5-21-7-6-19-4-3-9-31-25(19)35-21)11-8-24(28(39)40)36-26-23-17-34-37-27(23)33-18-32-26/h6-7,14-18,24H,1-5,8-13H2,(H,31,35)(H,39,40)(H2,32,33,34,36,37)/t24-/m0/s1. The molecular weight excluding hydrogens is 529 g/mol. The van der Waals surface area contributed by atoms with E-state index in [9.17, 15) is 14.3 Å². The lowest BCUT2D eigenvalue weighted by Gasteiger charge is -2.24. The highest BCUT2D eigenvalue weighted by molar-refractivity contribution is 5.88.